The Morgan fingerprint density at radius 1 is 1.24 bits per heavy atom. The average Bonchev–Trinajstić information content (AvgIpc) is 2.39. The second-order valence-corrected chi connectivity index (χ2v) is 6.39. The van der Waals surface area contributed by atoms with Crippen molar-refractivity contribution < 1.29 is 17.2 Å². The first-order valence-corrected chi connectivity index (χ1v) is 7.61. The molecule has 0 aliphatic rings. The van der Waals surface area contributed by atoms with Crippen LogP contribution in [0, 0.1) is 18.6 Å². The maximum absolute atomic E-state index is 13.9. The SMILES string of the molecule is Cc1c(F)cccc1NS(=O)(=O)c1cc(N)cc(Cl)c1F. The maximum atomic E-state index is 13.9. The van der Waals surface area contributed by atoms with Crippen LogP contribution in [0.1, 0.15) is 5.56 Å². The number of nitrogens with two attached hydrogens (primary N) is 1. The smallest absolute Gasteiger partial charge is 0.264 e. The highest BCUT2D eigenvalue weighted by Gasteiger charge is 2.23. The van der Waals surface area contributed by atoms with Crippen molar-refractivity contribution in [3.8, 4) is 0 Å². The molecule has 0 fully saturated rings. The molecule has 3 N–H and O–H groups in total. The summed E-state index contributed by atoms with van der Waals surface area (Å²) in [6.07, 6.45) is 0. The molecule has 0 unspecified atom stereocenters. The van der Waals surface area contributed by atoms with Crippen LogP contribution in [-0.2, 0) is 10.0 Å². The van der Waals surface area contributed by atoms with Gasteiger partial charge in [0.2, 0.25) is 0 Å². The van der Waals surface area contributed by atoms with Gasteiger partial charge in [0.05, 0.1) is 10.7 Å². The molecule has 21 heavy (non-hydrogen) atoms. The quantitative estimate of drug-likeness (QED) is 0.847. The predicted octanol–water partition coefficient (Wildman–Crippen LogP) is 3.31. The Kier molecular flexibility index (Phi) is 4.06. The van der Waals surface area contributed by atoms with Gasteiger partial charge < -0.3 is 5.73 Å². The Labute approximate surface area is 125 Å². The molecular weight excluding hydrogens is 322 g/mol. The van der Waals surface area contributed by atoms with Gasteiger partial charge in [0, 0.05) is 11.3 Å². The third-order valence-electron chi connectivity index (χ3n) is 2.82. The number of sulfonamides is 1. The van der Waals surface area contributed by atoms with Crippen LogP contribution in [0.4, 0.5) is 20.2 Å². The van der Waals surface area contributed by atoms with Crippen molar-refractivity contribution in [2.75, 3.05) is 10.5 Å². The highest BCUT2D eigenvalue weighted by atomic mass is 35.5. The predicted molar refractivity (Wildman–Crippen MR) is 77.8 cm³/mol. The van der Waals surface area contributed by atoms with Crippen molar-refractivity contribution in [1.29, 1.82) is 0 Å². The van der Waals surface area contributed by atoms with Crippen LogP contribution in [0.15, 0.2) is 35.2 Å². The zero-order chi connectivity index (χ0) is 15.8. The molecule has 0 atom stereocenters. The summed E-state index contributed by atoms with van der Waals surface area (Å²) in [7, 11) is -4.28. The van der Waals surface area contributed by atoms with Crippen molar-refractivity contribution in [2.45, 2.75) is 11.8 Å². The molecule has 8 heteroatoms. The molecule has 112 valence electrons. The molecule has 0 aromatic heterocycles. The van der Waals surface area contributed by atoms with Crippen molar-refractivity contribution in [1.82, 2.24) is 0 Å². The topological polar surface area (TPSA) is 72.2 Å². The summed E-state index contributed by atoms with van der Waals surface area (Å²) >= 11 is 5.58. The van der Waals surface area contributed by atoms with Crippen molar-refractivity contribution >= 4 is 33.0 Å². The van der Waals surface area contributed by atoms with Crippen LogP contribution >= 0.6 is 11.6 Å². The molecule has 0 heterocycles. The fourth-order valence-corrected chi connectivity index (χ4v) is 3.24. The first-order valence-electron chi connectivity index (χ1n) is 5.75. The summed E-state index contributed by atoms with van der Waals surface area (Å²) in [6.45, 7) is 1.40. The first kappa shape index (κ1) is 15.5. The number of hydrogen-bond donors (Lipinski definition) is 2. The standard InChI is InChI=1S/C13H11ClF2N2O2S/c1-7-10(15)3-2-4-11(7)18-21(19,20)12-6-8(17)5-9(14)13(12)16/h2-6,18H,17H2,1H3. The van der Waals surface area contributed by atoms with Crippen LogP contribution in [0.5, 0.6) is 0 Å². The number of nitrogens with one attached hydrogen (secondary N) is 1. The number of nitrogen functional groups attached to an aromatic ring is 1. The molecule has 2 aromatic carbocycles. The van der Waals surface area contributed by atoms with Gasteiger partial charge in [0.1, 0.15) is 10.7 Å². The van der Waals surface area contributed by atoms with E-state index >= 15 is 0 Å². The van der Waals surface area contributed by atoms with E-state index in [9.17, 15) is 17.2 Å². The Balaban J connectivity index is 2.51. The lowest BCUT2D eigenvalue weighted by Crippen LogP contribution is -2.16. The molecule has 0 saturated carbocycles. The molecule has 0 amide bonds. The molecular formula is C13H11ClF2N2O2S. The molecule has 0 bridgehead atoms. The lowest BCUT2D eigenvalue weighted by atomic mass is 10.2. The number of halogens is 3. The molecule has 0 radical (unpaired) electrons. The normalized spacial score (nSPS) is 11.4. The van der Waals surface area contributed by atoms with Crippen molar-refractivity contribution in [3.63, 3.8) is 0 Å². The van der Waals surface area contributed by atoms with Gasteiger partial charge in [-0.25, -0.2) is 17.2 Å². The Hall–Kier alpha value is -1.86. The van der Waals surface area contributed by atoms with Gasteiger partial charge in [0.25, 0.3) is 10.0 Å². The number of benzene rings is 2. The van der Waals surface area contributed by atoms with Crippen LogP contribution in [0.2, 0.25) is 5.02 Å². The summed E-state index contributed by atoms with van der Waals surface area (Å²) in [5, 5.41) is -0.411. The minimum absolute atomic E-state index is 0.00209. The van der Waals surface area contributed by atoms with E-state index in [1.54, 1.807) is 0 Å². The van der Waals surface area contributed by atoms with Crippen LogP contribution < -0.4 is 10.5 Å². The molecule has 0 saturated heterocycles. The monoisotopic (exact) mass is 332 g/mol. The largest absolute Gasteiger partial charge is 0.399 e. The van der Waals surface area contributed by atoms with E-state index in [0.29, 0.717) is 0 Å². The highest BCUT2D eigenvalue weighted by molar-refractivity contribution is 7.92. The van der Waals surface area contributed by atoms with E-state index in [1.165, 1.54) is 25.1 Å². The second kappa shape index (κ2) is 5.50. The van der Waals surface area contributed by atoms with E-state index in [1.807, 2.05) is 0 Å². The Morgan fingerprint density at radius 2 is 1.90 bits per heavy atom. The van der Waals surface area contributed by atoms with E-state index in [-0.39, 0.29) is 16.9 Å². The van der Waals surface area contributed by atoms with Gasteiger partial charge in [-0.1, -0.05) is 17.7 Å². The third-order valence-corrected chi connectivity index (χ3v) is 4.46. The summed E-state index contributed by atoms with van der Waals surface area (Å²) < 4.78 is 53.8. The zero-order valence-corrected chi connectivity index (χ0v) is 12.4. The molecule has 2 rings (SSSR count). The van der Waals surface area contributed by atoms with Crippen LogP contribution in [0.25, 0.3) is 0 Å². The summed E-state index contributed by atoms with van der Waals surface area (Å²) in [5.41, 5.74) is 5.57. The highest BCUT2D eigenvalue weighted by Crippen LogP contribution is 2.28. The van der Waals surface area contributed by atoms with Gasteiger partial charge in [-0.15, -0.1) is 0 Å². The van der Waals surface area contributed by atoms with Gasteiger partial charge in [0.15, 0.2) is 5.82 Å². The molecule has 0 aliphatic carbocycles. The van der Waals surface area contributed by atoms with Gasteiger partial charge in [-0.2, -0.15) is 0 Å². The molecule has 4 nitrogen and oxygen atoms in total. The summed E-state index contributed by atoms with van der Waals surface area (Å²) in [5.74, 6) is -1.70. The van der Waals surface area contributed by atoms with E-state index in [0.717, 1.165) is 12.1 Å². The average molecular weight is 333 g/mol. The van der Waals surface area contributed by atoms with E-state index in [4.69, 9.17) is 17.3 Å². The Morgan fingerprint density at radius 3 is 2.57 bits per heavy atom. The lowest BCUT2D eigenvalue weighted by molar-refractivity contribution is 0.570. The number of anilines is 2. The minimum atomic E-state index is -4.28. The fourth-order valence-electron chi connectivity index (χ4n) is 1.70. The third kappa shape index (κ3) is 3.08. The maximum Gasteiger partial charge on any atom is 0.264 e. The molecule has 0 aliphatic heterocycles. The van der Waals surface area contributed by atoms with Gasteiger partial charge >= 0.3 is 0 Å². The van der Waals surface area contributed by atoms with Gasteiger partial charge in [-0.05, 0) is 31.2 Å². The van der Waals surface area contributed by atoms with Crippen LogP contribution in [-0.4, -0.2) is 8.42 Å². The Bertz CT molecular complexity index is 810. The van der Waals surface area contributed by atoms with E-state index in [2.05, 4.69) is 4.72 Å². The first-order chi connectivity index (χ1) is 9.72. The fraction of sp³-hybridized carbons (Fsp3) is 0.0769. The zero-order valence-electron chi connectivity index (χ0n) is 10.8. The number of rotatable bonds is 3. The van der Waals surface area contributed by atoms with E-state index < -0.39 is 31.6 Å². The summed E-state index contributed by atoms with van der Waals surface area (Å²) in [6, 6.07) is 5.93. The van der Waals surface area contributed by atoms with Crippen molar-refractivity contribution in [3.05, 3.63) is 52.6 Å². The lowest BCUT2D eigenvalue weighted by Gasteiger charge is -2.12. The second-order valence-electron chi connectivity index (χ2n) is 4.33. The minimum Gasteiger partial charge on any atom is -0.399 e. The molecule has 0 spiro atoms. The van der Waals surface area contributed by atoms with Gasteiger partial charge in [-0.3, -0.25) is 4.72 Å². The van der Waals surface area contributed by atoms with Crippen LogP contribution in [0.3, 0.4) is 0 Å². The molecule has 2 aromatic rings. The number of hydrogen-bond acceptors (Lipinski definition) is 3. The van der Waals surface area contributed by atoms with Crippen molar-refractivity contribution in [2.24, 2.45) is 0 Å². The summed E-state index contributed by atoms with van der Waals surface area (Å²) in [4.78, 5) is -0.698.